The Morgan fingerprint density at radius 1 is 1.53 bits per heavy atom. The van der Waals surface area contributed by atoms with Gasteiger partial charge in [-0.1, -0.05) is 6.92 Å². The van der Waals surface area contributed by atoms with Crippen molar-refractivity contribution in [1.82, 2.24) is 10.2 Å². The van der Waals surface area contributed by atoms with Gasteiger partial charge in [0.05, 0.1) is 13.2 Å². The largest absolute Gasteiger partial charge is 0.383 e. The van der Waals surface area contributed by atoms with Crippen molar-refractivity contribution >= 4 is 0 Å². The standard InChI is InChI=1S/C13H28N2O2/c1-4-15(12(2)10-16-3)7-6-14-9-13-5-8-17-11-13/h12-14H,4-11H2,1-3H3. The first-order valence-corrected chi connectivity index (χ1v) is 6.79. The van der Waals surface area contributed by atoms with Gasteiger partial charge in [-0.3, -0.25) is 4.90 Å². The van der Waals surface area contributed by atoms with E-state index in [2.05, 4.69) is 24.1 Å². The van der Waals surface area contributed by atoms with Gasteiger partial charge >= 0.3 is 0 Å². The summed E-state index contributed by atoms with van der Waals surface area (Å²) in [7, 11) is 1.77. The highest BCUT2D eigenvalue weighted by Crippen LogP contribution is 2.10. The fraction of sp³-hybridized carbons (Fsp3) is 1.00. The van der Waals surface area contributed by atoms with Crippen molar-refractivity contribution in [2.24, 2.45) is 5.92 Å². The maximum absolute atomic E-state index is 5.36. The van der Waals surface area contributed by atoms with Gasteiger partial charge in [0.25, 0.3) is 0 Å². The van der Waals surface area contributed by atoms with Crippen LogP contribution in [0.4, 0.5) is 0 Å². The van der Waals surface area contributed by atoms with E-state index in [4.69, 9.17) is 9.47 Å². The molecule has 1 aliphatic heterocycles. The molecule has 0 spiro atoms. The van der Waals surface area contributed by atoms with Crippen molar-refractivity contribution in [3.63, 3.8) is 0 Å². The molecule has 0 aromatic carbocycles. The summed E-state index contributed by atoms with van der Waals surface area (Å²) in [6.45, 7) is 11.4. The molecule has 0 aromatic heterocycles. The van der Waals surface area contributed by atoms with Gasteiger partial charge < -0.3 is 14.8 Å². The molecule has 102 valence electrons. The monoisotopic (exact) mass is 244 g/mol. The number of methoxy groups -OCH3 is 1. The summed E-state index contributed by atoms with van der Waals surface area (Å²) in [5.74, 6) is 0.724. The number of hydrogen-bond donors (Lipinski definition) is 1. The Bertz CT molecular complexity index is 184. The Labute approximate surface area is 106 Å². The lowest BCUT2D eigenvalue weighted by molar-refractivity contribution is 0.103. The minimum Gasteiger partial charge on any atom is -0.383 e. The maximum Gasteiger partial charge on any atom is 0.0615 e. The van der Waals surface area contributed by atoms with Gasteiger partial charge in [-0.2, -0.15) is 0 Å². The normalized spacial score (nSPS) is 22.2. The predicted molar refractivity (Wildman–Crippen MR) is 70.4 cm³/mol. The van der Waals surface area contributed by atoms with Crippen molar-refractivity contribution in [1.29, 1.82) is 0 Å². The van der Waals surface area contributed by atoms with Crippen molar-refractivity contribution < 1.29 is 9.47 Å². The number of rotatable bonds is 9. The molecule has 0 amide bonds. The highest BCUT2D eigenvalue weighted by molar-refractivity contribution is 4.69. The summed E-state index contributed by atoms with van der Waals surface area (Å²) in [6.07, 6.45) is 1.21. The fourth-order valence-corrected chi connectivity index (χ4v) is 2.31. The third kappa shape index (κ3) is 5.82. The lowest BCUT2D eigenvalue weighted by Gasteiger charge is -2.27. The van der Waals surface area contributed by atoms with Crippen LogP contribution in [-0.2, 0) is 9.47 Å². The molecule has 4 nitrogen and oxygen atoms in total. The molecule has 0 radical (unpaired) electrons. The van der Waals surface area contributed by atoms with Crippen LogP contribution in [0.1, 0.15) is 20.3 Å². The second-order valence-corrected chi connectivity index (χ2v) is 4.87. The van der Waals surface area contributed by atoms with Crippen molar-refractivity contribution in [2.45, 2.75) is 26.3 Å². The molecule has 0 bridgehead atoms. The minimum atomic E-state index is 0.501. The first-order valence-electron chi connectivity index (χ1n) is 6.79. The van der Waals surface area contributed by atoms with Gasteiger partial charge in [-0.15, -0.1) is 0 Å². The van der Waals surface area contributed by atoms with Crippen LogP contribution in [0.25, 0.3) is 0 Å². The van der Waals surface area contributed by atoms with E-state index in [1.54, 1.807) is 7.11 Å². The number of ether oxygens (including phenoxy) is 2. The molecule has 4 heteroatoms. The summed E-state index contributed by atoms with van der Waals surface area (Å²) in [5, 5.41) is 3.53. The van der Waals surface area contributed by atoms with E-state index in [0.717, 1.165) is 51.9 Å². The van der Waals surface area contributed by atoms with Gasteiger partial charge in [-0.05, 0) is 25.8 Å². The molecular formula is C13H28N2O2. The smallest absolute Gasteiger partial charge is 0.0615 e. The van der Waals surface area contributed by atoms with E-state index in [9.17, 15) is 0 Å². The lowest BCUT2D eigenvalue weighted by Crippen LogP contribution is -2.41. The van der Waals surface area contributed by atoms with Crippen LogP contribution in [0, 0.1) is 5.92 Å². The summed E-state index contributed by atoms with van der Waals surface area (Å²) >= 11 is 0. The van der Waals surface area contributed by atoms with Crippen LogP contribution >= 0.6 is 0 Å². The van der Waals surface area contributed by atoms with Crippen LogP contribution in [0.5, 0.6) is 0 Å². The molecule has 2 atom stereocenters. The summed E-state index contributed by atoms with van der Waals surface area (Å²) < 4.78 is 10.6. The number of hydrogen-bond acceptors (Lipinski definition) is 4. The Morgan fingerprint density at radius 3 is 2.94 bits per heavy atom. The molecule has 0 saturated carbocycles. The Kier molecular flexibility index (Phi) is 7.77. The van der Waals surface area contributed by atoms with E-state index >= 15 is 0 Å². The van der Waals surface area contributed by atoms with E-state index in [0.29, 0.717) is 6.04 Å². The average molecular weight is 244 g/mol. The summed E-state index contributed by atoms with van der Waals surface area (Å²) in [4.78, 5) is 2.45. The second-order valence-electron chi connectivity index (χ2n) is 4.87. The van der Waals surface area contributed by atoms with Crippen LogP contribution < -0.4 is 5.32 Å². The molecule has 1 saturated heterocycles. The molecule has 1 aliphatic rings. The van der Waals surface area contributed by atoms with E-state index < -0.39 is 0 Å². The molecule has 0 aliphatic carbocycles. The molecule has 17 heavy (non-hydrogen) atoms. The maximum atomic E-state index is 5.36. The number of nitrogens with zero attached hydrogens (tertiary/aromatic N) is 1. The second kappa shape index (κ2) is 8.86. The first kappa shape index (κ1) is 14.9. The molecular weight excluding hydrogens is 216 g/mol. The molecule has 1 N–H and O–H groups in total. The average Bonchev–Trinajstić information content (AvgIpc) is 2.82. The highest BCUT2D eigenvalue weighted by atomic mass is 16.5. The summed E-state index contributed by atoms with van der Waals surface area (Å²) in [6, 6.07) is 0.501. The Morgan fingerprint density at radius 2 is 2.35 bits per heavy atom. The number of nitrogens with one attached hydrogen (secondary N) is 1. The zero-order chi connectivity index (χ0) is 12.5. The molecule has 2 unspecified atom stereocenters. The molecule has 1 rings (SSSR count). The van der Waals surface area contributed by atoms with Crippen LogP contribution in [0.2, 0.25) is 0 Å². The van der Waals surface area contributed by atoms with E-state index in [1.807, 2.05) is 0 Å². The van der Waals surface area contributed by atoms with E-state index in [-0.39, 0.29) is 0 Å². The van der Waals surface area contributed by atoms with Gasteiger partial charge in [0.1, 0.15) is 0 Å². The quantitative estimate of drug-likeness (QED) is 0.613. The van der Waals surface area contributed by atoms with Crippen LogP contribution in [0.3, 0.4) is 0 Å². The first-order chi connectivity index (χ1) is 8.27. The van der Waals surface area contributed by atoms with Crippen LogP contribution in [0.15, 0.2) is 0 Å². The number of likely N-dealkylation sites (N-methyl/N-ethyl adjacent to an activating group) is 1. The van der Waals surface area contributed by atoms with Gasteiger partial charge in [-0.25, -0.2) is 0 Å². The zero-order valence-corrected chi connectivity index (χ0v) is 11.6. The van der Waals surface area contributed by atoms with Gasteiger partial charge in [0.15, 0.2) is 0 Å². The Balaban J connectivity index is 2.05. The molecule has 0 aromatic rings. The van der Waals surface area contributed by atoms with Crippen molar-refractivity contribution in [3.8, 4) is 0 Å². The summed E-state index contributed by atoms with van der Waals surface area (Å²) in [5.41, 5.74) is 0. The zero-order valence-electron chi connectivity index (χ0n) is 11.6. The third-order valence-electron chi connectivity index (χ3n) is 3.47. The predicted octanol–water partition coefficient (Wildman–Crippen LogP) is 0.969. The third-order valence-corrected chi connectivity index (χ3v) is 3.47. The minimum absolute atomic E-state index is 0.501. The lowest BCUT2D eigenvalue weighted by atomic mass is 10.1. The van der Waals surface area contributed by atoms with Crippen LogP contribution in [-0.4, -0.2) is 64.1 Å². The topological polar surface area (TPSA) is 33.7 Å². The SMILES string of the molecule is CCN(CCNCC1CCOC1)C(C)COC. The fourth-order valence-electron chi connectivity index (χ4n) is 2.31. The van der Waals surface area contributed by atoms with Gasteiger partial charge in [0.2, 0.25) is 0 Å². The molecule has 1 heterocycles. The molecule has 1 fully saturated rings. The van der Waals surface area contributed by atoms with Crippen molar-refractivity contribution in [2.75, 3.05) is 53.1 Å². The van der Waals surface area contributed by atoms with Crippen molar-refractivity contribution in [3.05, 3.63) is 0 Å². The Hall–Kier alpha value is -0.160. The van der Waals surface area contributed by atoms with Gasteiger partial charge in [0, 0.05) is 39.4 Å². The highest BCUT2D eigenvalue weighted by Gasteiger charge is 2.15. The van der Waals surface area contributed by atoms with E-state index in [1.165, 1.54) is 6.42 Å².